The van der Waals surface area contributed by atoms with Crippen molar-refractivity contribution >= 4 is 33.4 Å². The number of hydrogen-bond donors (Lipinski definition) is 1. The number of fused-ring (bicyclic) bond motifs is 1. The van der Waals surface area contributed by atoms with Crippen LogP contribution in [0.1, 0.15) is 36.7 Å². The van der Waals surface area contributed by atoms with E-state index in [2.05, 4.69) is 4.99 Å². The third-order valence-electron chi connectivity index (χ3n) is 4.26. The van der Waals surface area contributed by atoms with Crippen molar-refractivity contribution in [2.45, 2.75) is 26.3 Å². The summed E-state index contributed by atoms with van der Waals surface area (Å²) in [7, 11) is 0. The molecule has 0 aliphatic carbocycles. The van der Waals surface area contributed by atoms with Gasteiger partial charge < -0.3 is 14.4 Å². The fourth-order valence-corrected chi connectivity index (χ4v) is 4.00. The lowest BCUT2D eigenvalue weighted by Gasteiger charge is -2.13. The van der Waals surface area contributed by atoms with Crippen LogP contribution in [-0.2, 0) is 4.79 Å². The number of halogens is 2. The van der Waals surface area contributed by atoms with Crippen molar-refractivity contribution in [1.29, 1.82) is 0 Å². The number of benzene rings is 2. The number of carbonyl (C=O) groups is 2. The van der Waals surface area contributed by atoms with E-state index < -0.39 is 29.6 Å². The van der Waals surface area contributed by atoms with Crippen LogP contribution in [0.4, 0.5) is 8.78 Å². The highest BCUT2D eigenvalue weighted by molar-refractivity contribution is 7.16. The number of nitrogens with zero attached hydrogens (tertiary/aromatic N) is 2. The summed E-state index contributed by atoms with van der Waals surface area (Å²) in [5.41, 5.74) is 0.454. The van der Waals surface area contributed by atoms with Crippen molar-refractivity contribution in [1.82, 2.24) is 4.57 Å². The molecule has 0 fully saturated rings. The number of carboxylic acids is 1. The summed E-state index contributed by atoms with van der Waals surface area (Å²) >= 11 is 1.12. The summed E-state index contributed by atoms with van der Waals surface area (Å²) in [6.07, 6.45) is 0.265. The molecule has 0 aliphatic rings. The molecular formula is C20H18F2N2O4S. The molecule has 0 saturated carbocycles. The topological polar surface area (TPSA) is 80.9 Å². The zero-order valence-electron chi connectivity index (χ0n) is 15.7. The summed E-state index contributed by atoms with van der Waals surface area (Å²) in [6.45, 7) is 4.03. The molecule has 0 spiro atoms. The van der Waals surface area contributed by atoms with Gasteiger partial charge in [-0.3, -0.25) is 4.79 Å². The van der Waals surface area contributed by atoms with Gasteiger partial charge in [0, 0.05) is 5.56 Å². The minimum Gasteiger partial charge on any atom is -0.494 e. The third kappa shape index (κ3) is 4.19. The molecule has 9 heteroatoms. The zero-order valence-corrected chi connectivity index (χ0v) is 16.5. The first-order valence-corrected chi connectivity index (χ1v) is 9.72. The average Bonchev–Trinajstić information content (AvgIpc) is 3.01. The Morgan fingerprint density at radius 1 is 1.17 bits per heavy atom. The maximum Gasteiger partial charge on any atom is 0.326 e. The Balaban J connectivity index is 2.20. The van der Waals surface area contributed by atoms with Gasteiger partial charge in [-0.2, -0.15) is 4.99 Å². The summed E-state index contributed by atoms with van der Waals surface area (Å²) < 4.78 is 34.2. The number of rotatable bonds is 6. The Labute approximate surface area is 168 Å². The van der Waals surface area contributed by atoms with Gasteiger partial charge >= 0.3 is 5.97 Å². The van der Waals surface area contributed by atoms with Gasteiger partial charge in [-0.15, -0.1) is 0 Å². The largest absolute Gasteiger partial charge is 0.494 e. The SMILES string of the molecule is CCOc1ccc2c(c1)sc(=NC(=O)c1ccc(F)c(F)c1)n2C(CC)C(=O)O. The number of aliphatic carboxylic acids is 1. The van der Waals surface area contributed by atoms with E-state index in [0.29, 0.717) is 22.6 Å². The molecule has 2 aromatic carbocycles. The second kappa shape index (κ2) is 8.52. The third-order valence-corrected chi connectivity index (χ3v) is 5.27. The van der Waals surface area contributed by atoms with Gasteiger partial charge in [0.2, 0.25) is 0 Å². The maximum atomic E-state index is 13.5. The number of ether oxygens (including phenoxy) is 1. The van der Waals surface area contributed by atoms with Crippen molar-refractivity contribution in [2.24, 2.45) is 4.99 Å². The molecule has 29 heavy (non-hydrogen) atoms. The predicted octanol–water partition coefficient (Wildman–Crippen LogP) is 4.16. The van der Waals surface area contributed by atoms with E-state index in [0.717, 1.165) is 29.5 Å². The van der Waals surface area contributed by atoms with Gasteiger partial charge in [0.25, 0.3) is 5.91 Å². The molecule has 0 radical (unpaired) electrons. The van der Waals surface area contributed by atoms with Gasteiger partial charge in [0.1, 0.15) is 11.8 Å². The minimum atomic E-state index is -1.16. The van der Waals surface area contributed by atoms with Gasteiger partial charge in [-0.25, -0.2) is 13.6 Å². The molecule has 1 N–H and O–H groups in total. The van der Waals surface area contributed by atoms with Crippen molar-refractivity contribution in [3.05, 3.63) is 58.4 Å². The summed E-state index contributed by atoms with van der Waals surface area (Å²) in [4.78, 5) is 28.5. The van der Waals surface area contributed by atoms with Crippen LogP contribution in [0.15, 0.2) is 41.4 Å². The zero-order chi connectivity index (χ0) is 21.1. The van der Waals surface area contributed by atoms with Crippen LogP contribution in [0.25, 0.3) is 10.2 Å². The quantitative estimate of drug-likeness (QED) is 0.649. The molecule has 1 atom stereocenters. The number of carbonyl (C=O) groups excluding carboxylic acids is 1. The standard InChI is InChI=1S/C20H18F2N2O4S/c1-3-15(19(26)27)24-16-8-6-12(28-4-2)10-17(16)29-20(24)23-18(25)11-5-7-13(21)14(22)9-11/h5-10,15H,3-4H2,1-2H3,(H,26,27). The summed E-state index contributed by atoms with van der Waals surface area (Å²) in [5.74, 6) is -3.49. The first-order chi connectivity index (χ1) is 13.8. The lowest BCUT2D eigenvalue weighted by molar-refractivity contribution is -0.140. The molecule has 6 nitrogen and oxygen atoms in total. The molecule has 1 amide bonds. The van der Waals surface area contributed by atoms with Gasteiger partial charge in [-0.1, -0.05) is 18.3 Å². The molecule has 0 aliphatic heterocycles. The van der Waals surface area contributed by atoms with Crippen molar-refractivity contribution in [3.8, 4) is 5.75 Å². The maximum absolute atomic E-state index is 13.5. The Hall–Kier alpha value is -3.07. The van der Waals surface area contributed by atoms with Gasteiger partial charge in [0.05, 0.1) is 16.8 Å². The number of thiazole rings is 1. The predicted molar refractivity (Wildman–Crippen MR) is 104 cm³/mol. The fourth-order valence-electron chi connectivity index (χ4n) is 2.91. The monoisotopic (exact) mass is 420 g/mol. The van der Waals surface area contributed by atoms with Crippen molar-refractivity contribution < 1.29 is 28.2 Å². The summed E-state index contributed by atoms with van der Waals surface area (Å²) in [6, 6.07) is 6.96. The highest BCUT2D eigenvalue weighted by atomic mass is 32.1. The lowest BCUT2D eigenvalue weighted by Crippen LogP contribution is -2.27. The second-order valence-corrected chi connectivity index (χ2v) is 7.13. The summed E-state index contributed by atoms with van der Waals surface area (Å²) in [5, 5.41) is 9.63. The number of carboxylic acid groups (broad SMARTS) is 1. The van der Waals surface area contributed by atoms with E-state index in [1.165, 1.54) is 4.57 Å². The molecule has 0 saturated heterocycles. The second-order valence-electron chi connectivity index (χ2n) is 6.13. The van der Waals surface area contributed by atoms with Crippen LogP contribution in [0, 0.1) is 11.6 Å². The average molecular weight is 420 g/mol. The molecule has 3 rings (SSSR count). The Bertz CT molecular complexity index is 1150. The Morgan fingerprint density at radius 3 is 2.55 bits per heavy atom. The smallest absolute Gasteiger partial charge is 0.326 e. The van der Waals surface area contributed by atoms with Gasteiger partial charge in [0.15, 0.2) is 16.4 Å². The van der Waals surface area contributed by atoms with E-state index in [9.17, 15) is 23.5 Å². The molecule has 0 bridgehead atoms. The molecule has 3 aromatic rings. The van der Waals surface area contributed by atoms with E-state index >= 15 is 0 Å². The van der Waals surface area contributed by atoms with Crippen LogP contribution in [0.5, 0.6) is 5.75 Å². The number of aromatic nitrogens is 1. The molecule has 152 valence electrons. The number of amides is 1. The van der Waals surface area contributed by atoms with Crippen LogP contribution in [-0.4, -0.2) is 28.2 Å². The van der Waals surface area contributed by atoms with Crippen molar-refractivity contribution in [3.63, 3.8) is 0 Å². The molecule has 1 unspecified atom stereocenters. The molecule has 1 heterocycles. The van der Waals surface area contributed by atoms with E-state index in [-0.39, 0.29) is 16.8 Å². The first-order valence-electron chi connectivity index (χ1n) is 8.90. The van der Waals surface area contributed by atoms with Gasteiger partial charge in [-0.05, 0) is 49.7 Å². The van der Waals surface area contributed by atoms with E-state index in [4.69, 9.17) is 4.74 Å². The normalized spacial score (nSPS) is 12.9. The van der Waals surface area contributed by atoms with Crippen LogP contribution < -0.4 is 9.54 Å². The Kier molecular flexibility index (Phi) is 6.07. The highest BCUT2D eigenvalue weighted by Gasteiger charge is 2.22. The fraction of sp³-hybridized carbons (Fsp3) is 0.250. The number of hydrogen-bond acceptors (Lipinski definition) is 4. The van der Waals surface area contributed by atoms with Crippen LogP contribution in [0.3, 0.4) is 0 Å². The lowest BCUT2D eigenvalue weighted by atomic mass is 10.2. The molecular weight excluding hydrogens is 402 g/mol. The molecule has 1 aromatic heterocycles. The Morgan fingerprint density at radius 2 is 1.93 bits per heavy atom. The minimum absolute atomic E-state index is 0.133. The van der Waals surface area contributed by atoms with E-state index in [1.807, 2.05) is 6.92 Å². The van der Waals surface area contributed by atoms with Crippen LogP contribution >= 0.6 is 11.3 Å². The highest BCUT2D eigenvalue weighted by Crippen LogP contribution is 2.27. The first kappa shape index (κ1) is 20.7. The van der Waals surface area contributed by atoms with E-state index in [1.54, 1.807) is 25.1 Å². The van der Waals surface area contributed by atoms with Crippen molar-refractivity contribution in [2.75, 3.05) is 6.61 Å². The van der Waals surface area contributed by atoms with Crippen LogP contribution in [0.2, 0.25) is 0 Å².